The third kappa shape index (κ3) is 3.88. The van der Waals surface area contributed by atoms with Gasteiger partial charge < -0.3 is 4.74 Å². The molecule has 0 N–H and O–H groups in total. The van der Waals surface area contributed by atoms with Gasteiger partial charge in [-0.25, -0.2) is 4.39 Å². The summed E-state index contributed by atoms with van der Waals surface area (Å²) in [7, 11) is 0. The quantitative estimate of drug-likeness (QED) is 0.588. The van der Waals surface area contributed by atoms with E-state index in [9.17, 15) is 22.4 Å². The Labute approximate surface area is 130 Å². The standard InChI is InChI=1S/C17H14F4O2/c1-10-8-13(17(19,20)21)6-7-15(10)23-9-12-4-3-5-14(11(2)22)16(12)18/h3-8H,9H2,1-2H3. The number of ketones is 1. The van der Waals surface area contributed by atoms with Crippen molar-refractivity contribution in [1.82, 2.24) is 0 Å². The molecule has 0 amide bonds. The van der Waals surface area contributed by atoms with Crippen LogP contribution in [0.5, 0.6) is 5.75 Å². The number of hydrogen-bond acceptors (Lipinski definition) is 2. The van der Waals surface area contributed by atoms with Crippen LogP contribution in [0.25, 0.3) is 0 Å². The highest BCUT2D eigenvalue weighted by Crippen LogP contribution is 2.32. The summed E-state index contributed by atoms with van der Waals surface area (Å²) < 4.78 is 57.3. The second-order valence-corrected chi connectivity index (χ2v) is 5.10. The fraction of sp³-hybridized carbons (Fsp3) is 0.235. The molecule has 2 nitrogen and oxygen atoms in total. The van der Waals surface area contributed by atoms with Gasteiger partial charge >= 0.3 is 6.18 Å². The molecule has 0 bridgehead atoms. The number of ether oxygens (including phenoxy) is 1. The molecule has 6 heteroatoms. The van der Waals surface area contributed by atoms with Gasteiger partial charge in [-0.1, -0.05) is 12.1 Å². The van der Waals surface area contributed by atoms with Crippen molar-refractivity contribution >= 4 is 5.78 Å². The Kier molecular flexibility index (Phi) is 4.73. The van der Waals surface area contributed by atoms with Gasteiger partial charge in [-0.15, -0.1) is 0 Å². The Balaban J connectivity index is 2.19. The van der Waals surface area contributed by atoms with Crippen LogP contribution in [0.15, 0.2) is 36.4 Å². The molecule has 0 saturated heterocycles. The first-order chi connectivity index (χ1) is 10.7. The molecule has 0 fully saturated rings. The van der Waals surface area contributed by atoms with Gasteiger partial charge in [0.15, 0.2) is 5.78 Å². The van der Waals surface area contributed by atoms with Crippen molar-refractivity contribution in [1.29, 1.82) is 0 Å². The zero-order valence-electron chi connectivity index (χ0n) is 12.5. The van der Waals surface area contributed by atoms with Crippen LogP contribution in [0.3, 0.4) is 0 Å². The van der Waals surface area contributed by atoms with Crippen LogP contribution in [-0.2, 0) is 12.8 Å². The number of carbonyl (C=O) groups excluding carboxylic acids is 1. The van der Waals surface area contributed by atoms with Crippen LogP contribution in [0.2, 0.25) is 0 Å². The van der Waals surface area contributed by atoms with Crippen molar-refractivity contribution in [3.8, 4) is 5.75 Å². The minimum Gasteiger partial charge on any atom is -0.489 e. The molecule has 23 heavy (non-hydrogen) atoms. The lowest BCUT2D eigenvalue weighted by Crippen LogP contribution is -2.07. The summed E-state index contributed by atoms with van der Waals surface area (Å²) in [6.45, 7) is 2.55. The highest BCUT2D eigenvalue weighted by Gasteiger charge is 2.30. The number of carbonyl (C=O) groups is 1. The van der Waals surface area contributed by atoms with Gasteiger partial charge in [-0.05, 0) is 43.7 Å². The van der Waals surface area contributed by atoms with E-state index in [4.69, 9.17) is 4.74 Å². The topological polar surface area (TPSA) is 26.3 Å². The minimum absolute atomic E-state index is 0.0461. The molecule has 0 atom stereocenters. The first kappa shape index (κ1) is 17.0. The Morgan fingerprint density at radius 1 is 1.17 bits per heavy atom. The predicted molar refractivity (Wildman–Crippen MR) is 76.9 cm³/mol. The molecule has 0 aliphatic heterocycles. The Morgan fingerprint density at radius 3 is 2.43 bits per heavy atom. The molecule has 0 radical (unpaired) electrons. The maximum absolute atomic E-state index is 14.1. The monoisotopic (exact) mass is 326 g/mol. The first-order valence-corrected chi connectivity index (χ1v) is 6.79. The number of Topliss-reactive ketones (excluding diaryl/α,β-unsaturated/α-hetero) is 1. The average molecular weight is 326 g/mol. The van der Waals surface area contributed by atoms with Crippen LogP contribution in [0, 0.1) is 12.7 Å². The largest absolute Gasteiger partial charge is 0.489 e. The first-order valence-electron chi connectivity index (χ1n) is 6.79. The normalized spacial score (nSPS) is 11.4. The molecule has 0 unspecified atom stereocenters. The van der Waals surface area contributed by atoms with Crippen LogP contribution < -0.4 is 4.74 Å². The van der Waals surface area contributed by atoms with E-state index in [2.05, 4.69) is 0 Å². The van der Waals surface area contributed by atoms with Gasteiger partial charge in [0.2, 0.25) is 0 Å². The second kappa shape index (κ2) is 6.40. The van der Waals surface area contributed by atoms with Crippen molar-refractivity contribution in [2.45, 2.75) is 26.6 Å². The van der Waals surface area contributed by atoms with Crippen LogP contribution in [0.4, 0.5) is 17.6 Å². The lowest BCUT2D eigenvalue weighted by Gasteiger charge is -2.13. The molecule has 0 heterocycles. The van der Waals surface area contributed by atoms with E-state index in [1.54, 1.807) is 0 Å². The smallest absolute Gasteiger partial charge is 0.416 e. The maximum atomic E-state index is 14.1. The fourth-order valence-electron chi connectivity index (χ4n) is 2.11. The van der Waals surface area contributed by atoms with Crippen molar-refractivity contribution in [3.05, 3.63) is 64.5 Å². The summed E-state index contributed by atoms with van der Waals surface area (Å²) in [5.74, 6) is -0.856. The lowest BCUT2D eigenvalue weighted by molar-refractivity contribution is -0.137. The van der Waals surface area contributed by atoms with E-state index < -0.39 is 23.3 Å². The summed E-state index contributed by atoms with van der Waals surface area (Å²) in [5, 5.41) is 0. The SMILES string of the molecule is CC(=O)c1cccc(COc2ccc(C(F)(F)F)cc2C)c1F. The zero-order chi connectivity index (χ0) is 17.2. The zero-order valence-corrected chi connectivity index (χ0v) is 12.5. The second-order valence-electron chi connectivity index (χ2n) is 5.10. The van der Waals surface area contributed by atoms with Crippen LogP contribution in [-0.4, -0.2) is 5.78 Å². The Hall–Kier alpha value is -2.37. The molecule has 2 aromatic rings. The van der Waals surface area contributed by atoms with E-state index in [1.165, 1.54) is 38.1 Å². The molecule has 0 spiro atoms. The molecule has 0 aliphatic rings. The number of aryl methyl sites for hydroxylation is 1. The average Bonchev–Trinajstić information content (AvgIpc) is 2.46. The van der Waals surface area contributed by atoms with Gasteiger partial charge in [0.1, 0.15) is 18.2 Å². The van der Waals surface area contributed by atoms with Gasteiger partial charge in [0.05, 0.1) is 11.1 Å². The lowest BCUT2D eigenvalue weighted by atomic mass is 10.1. The summed E-state index contributed by atoms with van der Waals surface area (Å²) in [6.07, 6.45) is -4.43. The highest BCUT2D eigenvalue weighted by molar-refractivity contribution is 5.94. The molecule has 0 aromatic heterocycles. The highest BCUT2D eigenvalue weighted by atomic mass is 19.4. The number of hydrogen-bond donors (Lipinski definition) is 0. The Bertz CT molecular complexity index is 736. The summed E-state index contributed by atoms with van der Waals surface area (Å²) in [6, 6.07) is 7.43. The molecule has 122 valence electrons. The van der Waals surface area contributed by atoms with E-state index in [0.29, 0.717) is 5.56 Å². The number of benzene rings is 2. The van der Waals surface area contributed by atoms with E-state index in [-0.39, 0.29) is 23.5 Å². The fourth-order valence-corrected chi connectivity index (χ4v) is 2.11. The third-order valence-electron chi connectivity index (χ3n) is 3.34. The summed E-state index contributed by atoms with van der Waals surface area (Å²) in [4.78, 5) is 11.3. The van der Waals surface area contributed by atoms with E-state index in [0.717, 1.165) is 12.1 Å². The van der Waals surface area contributed by atoms with Gasteiger partial charge in [-0.2, -0.15) is 13.2 Å². The van der Waals surface area contributed by atoms with E-state index in [1.807, 2.05) is 0 Å². The van der Waals surface area contributed by atoms with Gasteiger partial charge in [0, 0.05) is 5.56 Å². The van der Waals surface area contributed by atoms with Crippen molar-refractivity contribution in [3.63, 3.8) is 0 Å². The summed E-state index contributed by atoms with van der Waals surface area (Å²) in [5.41, 5.74) is -0.359. The van der Waals surface area contributed by atoms with Gasteiger partial charge in [-0.3, -0.25) is 4.79 Å². The minimum atomic E-state index is -4.43. The number of halogens is 4. The molecule has 2 rings (SSSR count). The molecular formula is C17H14F4O2. The van der Waals surface area contributed by atoms with Crippen molar-refractivity contribution in [2.24, 2.45) is 0 Å². The summed E-state index contributed by atoms with van der Waals surface area (Å²) >= 11 is 0. The molecular weight excluding hydrogens is 312 g/mol. The number of rotatable bonds is 4. The van der Waals surface area contributed by atoms with Gasteiger partial charge in [0.25, 0.3) is 0 Å². The van der Waals surface area contributed by atoms with Crippen molar-refractivity contribution in [2.75, 3.05) is 0 Å². The predicted octanol–water partition coefficient (Wildman–Crippen LogP) is 4.93. The Morgan fingerprint density at radius 2 is 1.87 bits per heavy atom. The molecule has 0 aliphatic carbocycles. The number of alkyl halides is 3. The molecule has 2 aromatic carbocycles. The van der Waals surface area contributed by atoms with Crippen LogP contribution >= 0.6 is 0 Å². The van der Waals surface area contributed by atoms with Crippen molar-refractivity contribution < 1.29 is 27.1 Å². The third-order valence-corrected chi connectivity index (χ3v) is 3.34. The maximum Gasteiger partial charge on any atom is 0.416 e. The van der Waals surface area contributed by atoms with E-state index >= 15 is 0 Å². The van der Waals surface area contributed by atoms with Crippen LogP contribution in [0.1, 0.15) is 34.0 Å². The molecule has 0 saturated carbocycles.